The van der Waals surface area contributed by atoms with Crippen LogP contribution in [0.25, 0.3) is 0 Å². The minimum Gasteiger partial charge on any atom is -0.488 e. The van der Waals surface area contributed by atoms with Gasteiger partial charge in [-0.3, -0.25) is 4.79 Å². The van der Waals surface area contributed by atoms with E-state index < -0.39 is 0 Å². The predicted molar refractivity (Wildman–Crippen MR) is 79.2 cm³/mol. The van der Waals surface area contributed by atoms with Crippen LogP contribution in [0.5, 0.6) is 5.75 Å². The molecule has 0 aliphatic rings. The Morgan fingerprint density at radius 2 is 2.10 bits per heavy atom. The topological polar surface area (TPSA) is 69.7 Å². The molecule has 0 spiro atoms. The van der Waals surface area contributed by atoms with Crippen molar-refractivity contribution < 1.29 is 9.47 Å². The Morgan fingerprint density at radius 3 is 2.80 bits per heavy atom. The summed E-state index contributed by atoms with van der Waals surface area (Å²) in [5, 5.41) is 0. The quantitative estimate of drug-likeness (QED) is 0.619. The normalized spacial score (nSPS) is 11.0. The molecule has 114 valence electrons. The summed E-state index contributed by atoms with van der Waals surface area (Å²) < 4.78 is 12.4. The molecule has 1 heterocycles. The van der Waals surface area contributed by atoms with E-state index in [-0.39, 0.29) is 5.56 Å². The molecule has 0 aliphatic carbocycles. The smallest absolute Gasteiger partial charge is 0.292 e. The highest BCUT2D eigenvalue weighted by Gasteiger charge is 2.04. The molecule has 6 nitrogen and oxygen atoms in total. The molecule has 1 rings (SSSR count). The van der Waals surface area contributed by atoms with Crippen LogP contribution in [-0.4, -0.2) is 56.5 Å². The number of pyridine rings is 1. The van der Waals surface area contributed by atoms with Crippen LogP contribution in [0.1, 0.15) is 6.42 Å². The van der Waals surface area contributed by atoms with Gasteiger partial charge in [-0.1, -0.05) is 0 Å². The van der Waals surface area contributed by atoms with Gasteiger partial charge < -0.3 is 24.7 Å². The number of nitrogens with zero attached hydrogens (tertiary/aromatic N) is 2. The number of hydrogen-bond donors (Lipinski definition) is 1. The molecule has 0 aromatic carbocycles. The van der Waals surface area contributed by atoms with Gasteiger partial charge in [0, 0.05) is 25.8 Å². The molecule has 0 saturated carbocycles. The second-order valence-electron chi connectivity index (χ2n) is 4.78. The van der Waals surface area contributed by atoms with E-state index in [1.807, 2.05) is 20.2 Å². The molecule has 2 N–H and O–H groups in total. The van der Waals surface area contributed by atoms with Gasteiger partial charge in [-0.2, -0.15) is 0 Å². The molecule has 0 amide bonds. The Morgan fingerprint density at radius 1 is 1.30 bits per heavy atom. The monoisotopic (exact) mass is 283 g/mol. The molecule has 20 heavy (non-hydrogen) atoms. The van der Waals surface area contributed by atoms with Crippen LogP contribution in [0.4, 0.5) is 0 Å². The van der Waals surface area contributed by atoms with Gasteiger partial charge in [0.2, 0.25) is 0 Å². The van der Waals surface area contributed by atoms with Crippen molar-refractivity contribution in [3.63, 3.8) is 0 Å². The molecule has 1 aromatic rings. The van der Waals surface area contributed by atoms with E-state index in [9.17, 15) is 4.79 Å². The first-order valence-electron chi connectivity index (χ1n) is 6.90. The van der Waals surface area contributed by atoms with Crippen LogP contribution in [0, 0.1) is 0 Å². The molecule has 6 heteroatoms. The lowest BCUT2D eigenvalue weighted by molar-refractivity contribution is 0.132. The van der Waals surface area contributed by atoms with Gasteiger partial charge >= 0.3 is 0 Å². The van der Waals surface area contributed by atoms with Crippen LogP contribution < -0.4 is 16.0 Å². The van der Waals surface area contributed by atoms with Crippen molar-refractivity contribution in [1.29, 1.82) is 0 Å². The second-order valence-corrected chi connectivity index (χ2v) is 4.78. The first-order chi connectivity index (χ1) is 9.65. The minimum absolute atomic E-state index is 0.117. The highest BCUT2D eigenvalue weighted by Crippen LogP contribution is 2.02. The van der Waals surface area contributed by atoms with Gasteiger partial charge in [0.25, 0.3) is 5.56 Å². The third-order valence-electron chi connectivity index (χ3n) is 2.73. The molecule has 0 aliphatic heterocycles. The van der Waals surface area contributed by atoms with Crippen molar-refractivity contribution in [2.45, 2.75) is 13.0 Å². The Bertz CT molecular complexity index is 432. The van der Waals surface area contributed by atoms with Gasteiger partial charge in [-0.25, -0.2) is 0 Å². The van der Waals surface area contributed by atoms with Crippen molar-refractivity contribution in [2.24, 2.45) is 5.73 Å². The molecular weight excluding hydrogens is 258 g/mol. The SMILES string of the molecule is CN(C)CCCOc1cccn(CCOCCN)c1=O. The minimum atomic E-state index is -0.117. The lowest BCUT2D eigenvalue weighted by atomic mass is 10.4. The highest BCUT2D eigenvalue weighted by molar-refractivity contribution is 5.17. The fraction of sp³-hybridized carbons (Fsp3) is 0.643. The van der Waals surface area contributed by atoms with Crippen molar-refractivity contribution in [2.75, 3.05) is 47.0 Å². The number of rotatable bonds is 10. The summed E-state index contributed by atoms with van der Waals surface area (Å²) in [5.74, 6) is 0.394. The van der Waals surface area contributed by atoms with E-state index in [1.54, 1.807) is 16.8 Å². The zero-order valence-corrected chi connectivity index (χ0v) is 12.4. The van der Waals surface area contributed by atoms with Crippen molar-refractivity contribution >= 4 is 0 Å². The number of hydrogen-bond acceptors (Lipinski definition) is 5. The van der Waals surface area contributed by atoms with E-state index in [4.69, 9.17) is 15.2 Å². The molecule has 0 saturated heterocycles. The van der Waals surface area contributed by atoms with Crippen LogP contribution in [0.15, 0.2) is 23.1 Å². The summed E-state index contributed by atoms with van der Waals surface area (Å²) in [5.41, 5.74) is 5.22. The van der Waals surface area contributed by atoms with Gasteiger partial charge in [0.15, 0.2) is 5.75 Å². The van der Waals surface area contributed by atoms with Crippen molar-refractivity contribution in [3.05, 3.63) is 28.7 Å². The molecular formula is C14H25N3O3. The third kappa shape index (κ3) is 6.18. The highest BCUT2D eigenvalue weighted by atomic mass is 16.5. The van der Waals surface area contributed by atoms with E-state index in [0.717, 1.165) is 13.0 Å². The van der Waals surface area contributed by atoms with Crippen LogP contribution in [0.3, 0.4) is 0 Å². The Balaban J connectivity index is 2.45. The zero-order valence-electron chi connectivity index (χ0n) is 12.4. The summed E-state index contributed by atoms with van der Waals surface area (Å²) in [7, 11) is 4.02. The average molecular weight is 283 g/mol. The maximum absolute atomic E-state index is 12.1. The zero-order chi connectivity index (χ0) is 14.8. The van der Waals surface area contributed by atoms with Crippen LogP contribution in [-0.2, 0) is 11.3 Å². The second kappa shape index (κ2) is 9.52. The van der Waals surface area contributed by atoms with Crippen molar-refractivity contribution in [1.82, 2.24) is 9.47 Å². The fourth-order valence-corrected chi connectivity index (χ4v) is 1.71. The Hall–Kier alpha value is -1.37. The van der Waals surface area contributed by atoms with Crippen molar-refractivity contribution in [3.8, 4) is 5.75 Å². The molecule has 0 bridgehead atoms. The third-order valence-corrected chi connectivity index (χ3v) is 2.73. The first-order valence-corrected chi connectivity index (χ1v) is 6.90. The van der Waals surface area contributed by atoms with Crippen LogP contribution in [0.2, 0.25) is 0 Å². The molecule has 0 radical (unpaired) electrons. The Labute approximate surface area is 120 Å². The summed E-state index contributed by atoms with van der Waals surface area (Å²) in [6, 6.07) is 3.51. The maximum atomic E-state index is 12.1. The predicted octanol–water partition coefficient (Wildman–Crippen LogP) is 0.154. The Kier molecular flexibility index (Phi) is 7.94. The lowest BCUT2D eigenvalue weighted by Crippen LogP contribution is -2.24. The number of nitrogens with two attached hydrogens (primary N) is 1. The van der Waals surface area contributed by atoms with Gasteiger partial charge in [0.1, 0.15) is 0 Å². The van der Waals surface area contributed by atoms with E-state index in [2.05, 4.69) is 4.90 Å². The number of ether oxygens (including phenoxy) is 2. The summed E-state index contributed by atoms with van der Waals surface area (Å²) >= 11 is 0. The summed E-state index contributed by atoms with van der Waals surface area (Å²) in [6.07, 6.45) is 2.63. The molecule has 0 atom stereocenters. The van der Waals surface area contributed by atoms with Gasteiger partial charge in [-0.15, -0.1) is 0 Å². The standard InChI is InChI=1S/C14H25N3O3/c1-16(2)7-4-10-20-13-5-3-8-17(14(13)18)9-12-19-11-6-15/h3,5,8H,4,6-7,9-12,15H2,1-2H3. The summed E-state index contributed by atoms with van der Waals surface area (Å²) in [4.78, 5) is 14.2. The summed E-state index contributed by atoms with van der Waals surface area (Å²) in [6.45, 7) is 3.46. The van der Waals surface area contributed by atoms with E-state index in [0.29, 0.717) is 38.7 Å². The average Bonchev–Trinajstić information content (AvgIpc) is 2.42. The molecule has 0 fully saturated rings. The number of aromatic nitrogens is 1. The maximum Gasteiger partial charge on any atom is 0.292 e. The van der Waals surface area contributed by atoms with E-state index >= 15 is 0 Å². The van der Waals surface area contributed by atoms with E-state index in [1.165, 1.54) is 0 Å². The largest absolute Gasteiger partial charge is 0.488 e. The molecule has 0 unspecified atom stereocenters. The van der Waals surface area contributed by atoms with Gasteiger partial charge in [-0.05, 0) is 32.6 Å². The first kappa shape index (κ1) is 16.7. The lowest BCUT2D eigenvalue weighted by Gasteiger charge is -2.11. The van der Waals surface area contributed by atoms with Gasteiger partial charge in [0.05, 0.1) is 19.8 Å². The van der Waals surface area contributed by atoms with Crippen LogP contribution >= 0.6 is 0 Å². The fourth-order valence-electron chi connectivity index (χ4n) is 1.71. The molecule has 1 aromatic heterocycles.